The van der Waals surface area contributed by atoms with Crippen LogP contribution in [0.25, 0.3) is 11.4 Å². The Morgan fingerprint density at radius 2 is 1.97 bits per heavy atom. The van der Waals surface area contributed by atoms with Crippen LogP contribution in [-0.2, 0) is 13.0 Å². The first kappa shape index (κ1) is 19.5. The molecule has 7 nitrogen and oxygen atoms in total. The van der Waals surface area contributed by atoms with Gasteiger partial charge in [0, 0.05) is 36.0 Å². The van der Waals surface area contributed by atoms with Gasteiger partial charge in [-0.15, -0.1) is 0 Å². The number of nitrogens with zero attached hydrogens (tertiary/aromatic N) is 4. The molecule has 1 saturated heterocycles. The summed E-state index contributed by atoms with van der Waals surface area (Å²) < 4.78 is 11.2. The quantitative estimate of drug-likeness (QED) is 0.629. The summed E-state index contributed by atoms with van der Waals surface area (Å²) in [7, 11) is 0. The number of ether oxygens (including phenoxy) is 1. The van der Waals surface area contributed by atoms with Crippen LogP contribution in [0.15, 0.2) is 53.3 Å². The molecule has 0 unspecified atom stereocenters. The first-order chi connectivity index (χ1) is 14.3. The third-order valence-corrected chi connectivity index (χ3v) is 5.21. The molecule has 3 heterocycles. The number of likely N-dealkylation sites (tertiary alicyclic amines) is 1. The molecule has 0 bridgehead atoms. The van der Waals surface area contributed by atoms with Gasteiger partial charge < -0.3 is 19.9 Å². The number of aromatic nitrogens is 3. The minimum absolute atomic E-state index is 0.372. The van der Waals surface area contributed by atoms with E-state index in [2.05, 4.69) is 20.0 Å². The zero-order chi connectivity index (χ0) is 19.9. The Balaban J connectivity index is 1.25. The summed E-state index contributed by atoms with van der Waals surface area (Å²) in [5.41, 5.74) is 7.91. The Kier molecular flexibility index (Phi) is 6.49. The van der Waals surface area contributed by atoms with Crippen molar-refractivity contribution in [3.05, 3.63) is 60.2 Å². The highest BCUT2D eigenvalue weighted by atomic mass is 16.5. The SMILES string of the molecule is NC1CCN(CCCc2nc(-c3ccc(OCc4cccnc4)cc3)no2)CC1. The molecule has 0 aliphatic carbocycles. The lowest BCUT2D eigenvalue weighted by molar-refractivity contribution is 0.209. The third-order valence-electron chi connectivity index (χ3n) is 5.21. The molecule has 4 rings (SSSR count). The standard InChI is InChI=1S/C22H27N5O2/c23-19-9-13-27(14-10-19)12-2-4-21-25-22(26-29-21)18-5-7-20(8-6-18)28-16-17-3-1-11-24-15-17/h1,3,5-8,11,15,19H,2,4,9-10,12-14,16,23H2. The van der Waals surface area contributed by atoms with Crippen LogP contribution in [0.4, 0.5) is 0 Å². The smallest absolute Gasteiger partial charge is 0.227 e. The molecule has 7 heteroatoms. The predicted molar refractivity (Wildman–Crippen MR) is 110 cm³/mol. The minimum atomic E-state index is 0.372. The lowest BCUT2D eigenvalue weighted by Gasteiger charge is -2.29. The normalized spacial score (nSPS) is 15.5. The molecule has 1 aliphatic heterocycles. The van der Waals surface area contributed by atoms with Gasteiger partial charge in [-0.05, 0) is 69.2 Å². The van der Waals surface area contributed by atoms with Crippen LogP contribution in [0.3, 0.4) is 0 Å². The van der Waals surface area contributed by atoms with E-state index < -0.39 is 0 Å². The maximum absolute atomic E-state index is 5.96. The summed E-state index contributed by atoms with van der Waals surface area (Å²) in [6.07, 6.45) is 7.54. The van der Waals surface area contributed by atoms with E-state index in [1.165, 1.54) is 0 Å². The lowest BCUT2D eigenvalue weighted by Crippen LogP contribution is -2.40. The van der Waals surface area contributed by atoms with Crippen molar-refractivity contribution >= 4 is 0 Å². The van der Waals surface area contributed by atoms with Crippen molar-refractivity contribution in [1.29, 1.82) is 0 Å². The fourth-order valence-corrected chi connectivity index (χ4v) is 3.45. The van der Waals surface area contributed by atoms with E-state index in [1.54, 1.807) is 12.4 Å². The van der Waals surface area contributed by atoms with E-state index in [-0.39, 0.29) is 0 Å². The average molecular weight is 393 g/mol. The maximum atomic E-state index is 5.96. The van der Waals surface area contributed by atoms with Crippen LogP contribution in [0, 0.1) is 0 Å². The molecule has 1 aliphatic rings. The molecule has 2 aromatic heterocycles. The number of rotatable bonds is 8. The number of piperidine rings is 1. The Morgan fingerprint density at radius 3 is 2.72 bits per heavy atom. The Hall–Kier alpha value is -2.77. The van der Waals surface area contributed by atoms with Gasteiger partial charge in [-0.3, -0.25) is 4.98 Å². The van der Waals surface area contributed by atoms with Crippen molar-refractivity contribution in [2.75, 3.05) is 19.6 Å². The molecule has 3 aromatic rings. The summed E-state index contributed by atoms with van der Waals surface area (Å²) in [4.78, 5) is 11.1. The lowest BCUT2D eigenvalue weighted by atomic mass is 10.1. The first-order valence-corrected chi connectivity index (χ1v) is 10.2. The van der Waals surface area contributed by atoms with Gasteiger partial charge in [0.1, 0.15) is 12.4 Å². The minimum Gasteiger partial charge on any atom is -0.489 e. The van der Waals surface area contributed by atoms with Gasteiger partial charge in [0.2, 0.25) is 11.7 Å². The van der Waals surface area contributed by atoms with E-state index in [0.29, 0.717) is 24.4 Å². The molecular weight excluding hydrogens is 366 g/mol. The molecule has 1 fully saturated rings. The molecule has 0 atom stereocenters. The van der Waals surface area contributed by atoms with Gasteiger partial charge in [0.05, 0.1) is 0 Å². The second kappa shape index (κ2) is 9.62. The summed E-state index contributed by atoms with van der Waals surface area (Å²) in [6, 6.07) is 12.0. The summed E-state index contributed by atoms with van der Waals surface area (Å²) in [5.74, 6) is 2.09. The highest BCUT2D eigenvalue weighted by Crippen LogP contribution is 2.21. The topological polar surface area (TPSA) is 90.3 Å². The molecular formula is C22H27N5O2. The van der Waals surface area contributed by atoms with Gasteiger partial charge in [-0.25, -0.2) is 0 Å². The van der Waals surface area contributed by atoms with Crippen molar-refractivity contribution in [3.8, 4) is 17.1 Å². The predicted octanol–water partition coefficient (Wildman–Crippen LogP) is 3.07. The van der Waals surface area contributed by atoms with E-state index in [1.807, 2.05) is 36.4 Å². The number of hydrogen-bond donors (Lipinski definition) is 1. The molecule has 152 valence electrons. The second-order valence-corrected chi connectivity index (χ2v) is 7.47. The number of aryl methyl sites for hydroxylation is 1. The molecule has 1 aromatic carbocycles. The van der Waals surface area contributed by atoms with E-state index >= 15 is 0 Å². The Labute approximate surface area is 170 Å². The summed E-state index contributed by atoms with van der Waals surface area (Å²) >= 11 is 0. The Morgan fingerprint density at radius 1 is 1.14 bits per heavy atom. The van der Waals surface area contributed by atoms with E-state index in [9.17, 15) is 0 Å². The second-order valence-electron chi connectivity index (χ2n) is 7.47. The van der Waals surface area contributed by atoms with E-state index in [0.717, 1.165) is 62.2 Å². The van der Waals surface area contributed by atoms with Crippen molar-refractivity contribution in [1.82, 2.24) is 20.0 Å². The van der Waals surface area contributed by atoms with Crippen LogP contribution >= 0.6 is 0 Å². The van der Waals surface area contributed by atoms with Crippen LogP contribution in [0.2, 0.25) is 0 Å². The number of benzene rings is 1. The molecule has 0 saturated carbocycles. The van der Waals surface area contributed by atoms with E-state index in [4.69, 9.17) is 15.0 Å². The van der Waals surface area contributed by atoms with Crippen LogP contribution < -0.4 is 10.5 Å². The van der Waals surface area contributed by atoms with Gasteiger partial charge in [0.15, 0.2) is 0 Å². The van der Waals surface area contributed by atoms with Crippen molar-refractivity contribution in [2.45, 2.75) is 38.3 Å². The molecule has 0 spiro atoms. The van der Waals surface area contributed by atoms with Gasteiger partial charge in [-0.1, -0.05) is 11.2 Å². The van der Waals surface area contributed by atoms with Crippen molar-refractivity contribution in [3.63, 3.8) is 0 Å². The number of hydrogen-bond acceptors (Lipinski definition) is 7. The first-order valence-electron chi connectivity index (χ1n) is 10.2. The van der Waals surface area contributed by atoms with Crippen molar-refractivity contribution in [2.24, 2.45) is 5.73 Å². The molecule has 2 N–H and O–H groups in total. The molecule has 0 radical (unpaired) electrons. The number of nitrogens with two attached hydrogens (primary N) is 1. The zero-order valence-corrected chi connectivity index (χ0v) is 16.5. The highest BCUT2D eigenvalue weighted by molar-refractivity contribution is 5.55. The van der Waals surface area contributed by atoms with Crippen LogP contribution in [0.1, 0.15) is 30.7 Å². The van der Waals surface area contributed by atoms with Gasteiger partial charge >= 0.3 is 0 Å². The zero-order valence-electron chi connectivity index (χ0n) is 16.5. The molecule has 29 heavy (non-hydrogen) atoms. The molecule has 0 amide bonds. The Bertz CT molecular complexity index is 874. The highest BCUT2D eigenvalue weighted by Gasteiger charge is 2.16. The van der Waals surface area contributed by atoms with Crippen LogP contribution in [0.5, 0.6) is 5.75 Å². The van der Waals surface area contributed by atoms with Crippen molar-refractivity contribution < 1.29 is 9.26 Å². The average Bonchev–Trinajstić information content (AvgIpc) is 3.24. The largest absolute Gasteiger partial charge is 0.489 e. The summed E-state index contributed by atoms with van der Waals surface area (Å²) in [6.45, 7) is 3.72. The monoisotopic (exact) mass is 393 g/mol. The third kappa shape index (κ3) is 5.62. The maximum Gasteiger partial charge on any atom is 0.227 e. The summed E-state index contributed by atoms with van der Waals surface area (Å²) in [5, 5.41) is 4.12. The fourth-order valence-electron chi connectivity index (χ4n) is 3.45. The number of pyridine rings is 1. The van der Waals surface area contributed by atoms with Gasteiger partial charge in [-0.2, -0.15) is 4.98 Å². The van der Waals surface area contributed by atoms with Crippen LogP contribution in [-0.4, -0.2) is 45.7 Å². The fraction of sp³-hybridized carbons (Fsp3) is 0.409. The van der Waals surface area contributed by atoms with Gasteiger partial charge in [0.25, 0.3) is 0 Å².